The number of carboxylic acids is 1. The largest absolute Gasteiger partial charge is 0.491 e. The van der Waals surface area contributed by atoms with E-state index in [9.17, 15) is 4.79 Å². The molecule has 0 aromatic heterocycles. The van der Waals surface area contributed by atoms with Crippen LogP contribution in [0.15, 0.2) is 30.3 Å². The average Bonchev–Trinajstić information content (AvgIpc) is 2.99. The van der Waals surface area contributed by atoms with Gasteiger partial charge in [0.15, 0.2) is 0 Å². The van der Waals surface area contributed by atoms with Crippen molar-refractivity contribution in [1.29, 1.82) is 0 Å². The molecular weight excluding hydrogens is 272 g/mol. The highest BCUT2D eigenvalue weighted by Gasteiger charge is 2.15. The summed E-state index contributed by atoms with van der Waals surface area (Å²) < 4.78 is 16.4. The Labute approximate surface area is 124 Å². The van der Waals surface area contributed by atoms with E-state index in [2.05, 4.69) is 0 Å². The van der Waals surface area contributed by atoms with Crippen molar-refractivity contribution in [2.45, 2.75) is 6.42 Å². The summed E-state index contributed by atoms with van der Waals surface area (Å²) in [5.74, 6) is 0.306. The van der Waals surface area contributed by atoms with Gasteiger partial charge in [0, 0.05) is 18.6 Å². The molecule has 1 aliphatic rings. The standard InChI is InChI=1S/C16H20O5/c17-16(18)6-3-13-1-4-15(5-2-13)21-10-9-20-12-14-7-8-19-11-14/h1-6,14H,7-12H2,(H,17,18). The number of benzene rings is 1. The highest BCUT2D eigenvalue weighted by molar-refractivity contribution is 5.85. The Kier molecular flexibility index (Phi) is 6.24. The molecule has 0 saturated carbocycles. The number of ether oxygens (including phenoxy) is 3. The van der Waals surface area contributed by atoms with Gasteiger partial charge >= 0.3 is 5.97 Å². The molecule has 1 unspecified atom stereocenters. The first-order valence-electron chi connectivity index (χ1n) is 7.03. The van der Waals surface area contributed by atoms with E-state index in [1.54, 1.807) is 6.08 Å². The summed E-state index contributed by atoms with van der Waals surface area (Å²) in [5.41, 5.74) is 0.822. The number of carboxylic acid groups (broad SMARTS) is 1. The van der Waals surface area contributed by atoms with Crippen LogP contribution in [0.1, 0.15) is 12.0 Å². The van der Waals surface area contributed by atoms with Crippen molar-refractivity contribution in [3.8, 4) is 5.75 Å². The number of hydrogen-bond acceptors (Lipinski definition) is 4. The smallest absolute Gasteiger partial charge is 0.328 e. The van der Waals surface area contributed by atoms with Crippen LogP contribution < -0.4 is 4.74 Å². The fourth-order valence-corrected chi connectivity index (χ4v) is 2.03. The van der Waals surface area contributed by atoms with Crippen LogP contribution in [-0.4, -0.2) is 44.1 Å². The third-order valence-corrected chi connectivity index (χ3v) is 3.17. The van der Waals surface area contributed by atoms with Crippen LogP contribution in [0.25, 0.3) is 6.08 Å². The molecule has 1 heterocycles. The van der Waals surface area contributed by atoms with Gasteiger partial charge in [-0.1, -0.05) is 12.1 Å². The van der Waals surface area contributed by atoms with Crippen LogP contribution in [-0.2, 0) is 14.3 Å². The summed E-state index contributed by atoms with van der Waals surface area (Å²) in [6.07, 6.45) is 3.72. The van der Waals surface area contributed by atoms with E-state index in [0.29, 0.717) is 19.1 Å². The van der Waals surface area contributed by atoms with Crippen LogP contribution in [0.3, 0.4) is 0 Å². The minimum Gasteiger partial charge on any atom is -0.491 e. The van der Waals surface area contributed by atoms with Gasteiger partial charge in [-0.25, -0.2) is 4.79 Å². The van der Waals surface area contributed by atoms with Crippen molar-refractivity contribution in [2.24, 2.45) is 5.92 Å². The lowest BCUT2D eigenvalue weighted by Crippen LogP contribution is -2.13. The highest BCUT2D eigenvalue weighted by Crippen LogP contribution is 2.14. The van der Waals surface area contributed by atoms with Crippen LogP contribution in [0.4, 0.5) is 0 Å². The Balaban J connectivity index is 1.62. The van der Waals surface area contributed by atoms with E-state index < -0.39 is 5.97 Å². The Morgan fingerprint density at radius 1 is 1.33 bits per heavy atom. The molecule has 1 N–H and O–H groups in total. The first-order valence-corrected chi connectivity index (χ1v) is 7.03. The lowest BCUT2D eigenvalue weighted by Gasteiger charge is -2.10. The summed E-state index contributed by atoms with van der Waals surface area (Å²) in [4.78, 5) is 10.4. The van der Waals surface area contributed by atoms with E-state index in [-0.39, 0.29) is 0 Å². The maximum Gasteiger partial charge on any atom is 0.328 e. The molecule has 1 aliphatic heterocycles. The molecule has 5 heteroatoms. The molecule has 5 nitrogen and oxygen atoms in total. The number of hydrogen-bond donors (Lipinski definition) is 1. The van der Waals surface area contributed by atoms with Crippen LogP contribution in [0, 0.1) is 5.92 Å². The van der Waals surface area contributed by atoms with Crippen molar-refractivity contribution >= 4 is 12.0 Å². The average molecular weight is 292 g/mol. The molecule has 0 radical (unpaired) electrons. The predicted molar refractivity (Wildman–Crippen MR) is 78.4 cm³/mol. The number of carbonyl (C=O) groups is 1. The molecule has 21 heavy (non-hydrogen) atoms. The topological polar surface area (TPSA) is 65.0 Å². The third kappa shape index (κ3) is 5.97. The maximum absolute atomic E-state index is 10.4. The van der Waals surface area contributed by atoms with E-state index in [4.69, 9.17) is 19.3 Å². The minimum atomic E-state index is -0.958. The van der Waals surface area contributed by atoms with E-state index in [1.165, 1.54) is 0 Å². The summed E-state index contributed by atoms with van der Waals surface area (Å²) in [6, 6.07) is 7.25. The van der Waals surface area contributed by atoms with Crippen LogP contribution in [0.5, 0.6) is 5.75 Å². The first-order chi connectivity index (χ1) is 10.2. The molecule has 1 aromatic carbocycles. The number of aliphatic carboxylic acids is 1. The number of rotatable bonds is 8. The van der Waals surface area contributed by atoms with Gasteiger partial charge in [-0.3, -0.25) is 0 Å². The van der Waals surface area contributed by atoms with Crippen LogP contribution >= 0.6 is 0 Å². The van der Waals surface area contributed by atoms with Gasteiger partial charge in [0.05, 0.1) is 19.8 Å². The van der Waals surface area contributed by atoms with Gasteiger partial charge in [0.2, 0.25) is 0 Å². The Morgan fingerprint density at radius 2 is 2.14 bits per heavy atom. The van der Waals surface area contributed by atoms with Gasteiger partial charge in [0.1, 0.15) is 12.4 Å². The Morgan fingerprint density at radius 3 is 2.81 bits per heavy atom. The highest BCUT2D eigenvalue weighted by atomic mass is 16.5. The second-order valence-electron chi connectivity index (χ2n) is 4.89. The molecule has 2 rings (SSSR count). The normalized spacial score (nSPS) is 18.2. The molecule has 114 valence electrons. The van der Waals surface area contributed by atoms with Crippen molar-refractivity contribution in [3.05, 3.63) is 35.9 Å². The fourth-order valence-electron chi connectivity index (χ4n) is 2.03. The third-order valence-electron chi connectivity index (χ3n) is 3.17. The Hall–Kier alpha value is -1.85. The molecule has 1 atom stereocenters. The fraction of sp³-hybridized carbons (Fsp3) is 0.438. The second-order valence-corrected chi connectivity index (χ2v) is 4.89. The van der Waals surface area contributed by atoms with E-state index in [1.807, 2.05) is 24.3 Å². The molecule has 0 bridgehead atoms. The zero-order valence-corrected chi connectivity index (χ0v) is 11.9. The zero-order chi connectivity index (χ0) is 14.9. The molecule has 1 fully saturated rings. The molecule has 1 aromatic rings. The van der Waals surface area contributed by atoms with Crippen molar-refractivity contribution in [1.82, 2.24) is 0 Å². The van der Waals surface area contributed by atoms with Crippen molar-refractivity contribution in [2.75, 3.05) is 33.0 Å². The van der Waals surface area contributed by atoms with Gasteiger partial charge in [0.25, 0.3) is 0 Å². The van der Waals surface area contributed by atoms with E-state index in [0.717, 1.165) is 43.6 Å². The van der Waals surface area contributed by atoms with Gasteiger partial charge in [-0.05, 0) is 30.2 Å². The maximum atomic E-state index is 10.4. The molecule has 0 aliphatic carbocycles. The Bertz CT molecular complexity index is 460. The summed E-state index contributed by atoms with van der Waals surface area (Å²) in [5, 5.41) is 8.54. The van der Waals surface area contributed by atoms with Gasteiger partial charge < -0.3 is 19.3 Å². The zero-order valence-electron chi connectivity index (χ0n) is 11.9. The summed E-state index contributed by atoms with van der Waals surface area (Å²) in [7, 11) is 0. The quantitative estimate of drug-likeness (QED) is 0.588. The molecule has 0 amide bonds. The van der Waals surface area contributed by atoms with E-state index >= 15 is 0 Å². The minimum absolute atomic E-state index is 0.498. The van der Waals surface area contributed by atoms with Gasteiger partial charge in [-0.15, -0.1) is 0 Å². The van der Waals surface area contributed by atoms with Crippen molar-refractivity contribution < 1.29 is 24.1 Å². The monoisotopic (exact) mass is 292 g/mol. The van der Waals surface area contributed by atoms with Gasteiger partial charge in [-0.2, -0.15) is 0 Å². The molecular formula is C16H20O5. The molecule has 1 saturated heterocycles. The summed E-state index contributed by atoms with van der Waals surface area (Å²) >= 11 is 0. The first kappa shape index (κ1) is 15.5. The van der Waals surface area contributed by atoms with Crippen LogP contribution in [0.2, 0.25) is 0 Å². The summed E-state index contributed by atoms with van der Waals surface area (Å²) in [6.45, 7) is 3.41. The van der Waals surface area contributed by atoms with Crippen molar-refractivity contribution in [3.63, 3.8) is 0 Å². The second kappa shape index (κ2) is 8.44. The predicted octanol–water partition coefficient (Wildman–Crippen LogP) is 2.22. The lowest BCUT2D eigenvalue weighted by molar-refractivity contribution is -0.131. The molecule has 0 spiro atoms. The lowest BCUT2D eigenvalue weighted by atomic mass is 10.1. The SMILES string of the molecule is O=C(O)C=Cc1ccc(OCCOCC2CCOC2)cc1.